The highest BCUT2D eigenvalue weighted by atomic mass is 16.4. The zero-order chi connectivity index (χ0) is 16.8. The van der Waals surface area contributed by atoms with Gasteiger partial charge in [-0.3, -0.25) is 0 Å². The van der Waals surface area contributed by atoms with Gasteiger partial charge in [0.15, 0.2) is 0 Å². The van der Waals surface area contributed by atoms with Crippen molar-refractivity contribution in [3.63, 3.8) is 0 Å². The topological polar surface area (TPSA) is 57.5 Å². The molecule has 0 bridgehead atoms. The quantitative estimate of drug-likeness (QED) is 0.812. The Balaban J connectivity index is 2.61. The van der Waals surface area contributed by atoms with E-state index in [9.17, 15) is 4.79 Å². The Morgan fingerprint density at radius 2 is 1.65 bits per heavy atom. The van der Waals surface area contributed by atoms with E-state index in [4.69, 9.17) is 10.2 Å². The van der Waals surface area contributed by atoms with E-state index in [2.05, 4.69) is 0 Å². The molecule has 0 radical (unpaired) electrons. The van der Waals surface area contributed by atoms with Crippen LogP contribution in [0.4, 0.5) is 0 Å². The molecule has 3 nitrogen and oxygen atoms in total. The summed E-state index contributed by atoms with van der Waals surface area (Å²) in [6.45, 7) is 3.65. The molecule has 3 heteroatoms. The first-order valence-electron chi connectivity index (χ1n) is 7.42. The molecule has 2 N–H and O–H groups in total. The SMILES string of the molecule is CC(=CCO)c1ccc(-c2ccccc2)cc1C(C)=CC(=O)O. The van der Waals surface area contributed by atoms with Crippen LogP contribution in [0.3, 0.4) is 0 Å². The smallest absolute Gasteiger partial charge is 0.328 e. The van der Waals surface area contributed by atoms with E-state index in [0.717, 1.165) is 27.8 Å². The molecule has 0 unspecified atom stereocenters. The van der Waals surface area contributed by atoms with Crippen molar-refractivity contribution in [3.8, 4) is 11.1 Å². The molecule has 0 fully saturated rings. The van der Waals surface area contributed by atoms with Crippen LogP contribution in [0, 0.1) is 0 Å². The van der Waals surface area contributed by atoms with Crippen LogP contribution in [0.2, 0.25) is 0 Å². The van der Waals surface area contributed by atoms with Crippen molar-refractivity contribution in [2.24, 2.45) is 0 Å². The molecule has 118 valence electrons. The number of rotatable bonds is 5. The summed E-state index contributed by atoms with van der Waals surface area (Å²) in [5.41, 5.74) is 5.48. The van der Waals surface area contributed by atoms with Gasteiger partial charge in [-0.05, 0) is 53.3 Å². The second kappa shape index (κ2) is 7.56. The average Bonchev–Trinajstić information content (AvgIpc) is 2.54. The molecule has 0 saturated heterocycles. The van der Waals surface area contributed by atoms with E-state index in [0.29, 0.717) is 5.57 Å². The molecule has 23 heavy (non-hydrogen) atoms. The summed E-state index contributed by atoms with van der Waals surface area (Å²) in [5.74, 6) is -0.970. The molecule has 0 aliphatic heterocycles. The molecule has 2 rings (SSSR count). The van der Waals surface area contributed by atoms with Crippen LogP contribution in [-0.4, -0.2) is 22.8 Å². The van der Waals surface area contributed by atoms with Crippen molar-refractivity contribution in [2.75, 3.05) is 6.61 Å². The van der Waals surface area contributed by atoms with Crippen LogP contribution in [0.5, 0.6) is 0 Å². The van der Waals surface area contributed by atoms with Crippen LogP contribution in [0.25, 0.3) is 22.3 Å². The predicted octanol–water partition coefficient (Wildman–Crippen LogP) is 4.24. The molecule has 0 atom stereocenters. The molecule has 0 aromatic heterocycles. The maximum Gasteiger partial charge on any atom is 0.328 e. The van der Waals surface area contributed by atoms with Crippen molar-refractivity contribution >= 4 is 17.1 Å². The van der Waals surface area contributed by atoms with Crippen molar-refractivity contribution in [1.82, 2.24) is 0 Å². The van der Waals surface area contributed by atoms with Crippen molar-refractivity contribution in [1.29, 1.82) is 0 Å². The number of carboxylic acid groups (broad SMARTS) is 1. The summed E-state index contributed by atoms with van der Waals surface area (Å²) >= 11 is 0. The number of aliphatic hydroxyl groups is 1. The second-order valence-electron chi connectivity index (χ2n) is 5.36. The molecule has 0 heterocycles. The minimum atomic E-state index is -0.970. The number of allylic oxidation sites excluding steroid dienone is 2. The van der Waals surface area contributed by atoms with Gasteiger partial charge in [-0.2, -0.15) is 0 Å². The summed E-state index contributed by atoms with van der Waals surface area (Å²) in [5, 5.41) is 18.2. The summed E-state index contributed by atoms with van der Waals surface area (Å²) in [7, 11) is 0. The van der Waals surface area contributed by atoms with E-state index in [1.54, 1.807) is 13.0 Å². The van der Waals surface area contributed by atoms with E-state index < -0.39 is 5.97 Å². The highest BCUT2D eigenvalue weighted by molar-refractivity contribution is 5.92. The molecule has 0 amide bonds. The largest absolute Gasteiger partial charge is 0.478 e. The second-order valence-corrected chi connectivity index (χ2v) is 5.36. The lowest BCUT2D eigenvalue weighted by atomic mass is 9.91. The zero-order valence-corrected chi connectivity index (χ0v) is 13.3. The van der Waals surface area contributed by atoms with Crippen LogP contribution in [0.15, 0.2) is 60.7 Å². The summed E-state index contributed by atoms with van der Waals surface area (Å²) in [6.07, 6.45) is 2.93. The average molecular weight is 308 g/mol. The molecular formula is C20H20O3. The maximum absolute atomic E-state index is 11.0. The number of aliphatic carboxylic acids is 1. The van der Waals surface area contributed by atoms with Gasteiger partial charge >= 0.3 is 5.97 Å². The minimum Gasteiger partial charge on any atom is -0.478 e. The fraction of sp³-hybridized carbons (Fsp3) is 0.150. The fourth-order valence-electron chi connectivity index (χ4n) is 2.53. The van der Waals surface area contributed by atoms with Crippen molar-refractivity contribution in [3.05, 3.63) is 71.8 Å². The Hall–Kier alpha value is -2.65. The lowest BCUT2D eigenvalue weighted by molar-refractivity contribution is -0.131. The third-order valence-electron chi connectivity index (χ3n) is 3.71. The first kappa shape index (κ1) is 16.7. The highest BCUT2D eigenvalue weighted by Crippen LogP contribution is 2.30. The van der Waals surface area contributed by atoms with Crippen LogP contribution in [-0.2, 0) is 4.79 Å². The molecular weight excluding hydrogens is 288 g/mol. The Bertz CT molecular complexity index is 756. The van der Waals surface area contributed by atoms with Gasteiger partial charge in [-0.15, -0.1) is 0 Å². The van der Waals surface area contributed by atoms with E-state index in [1.165, 1.54) is 6.08 Å². The first-order chi connectivity index (χ1) is 11.0. The van der Waals surface area contributed by atoms with Gasteiger partial charge in [0, 0.05) is 6.08 Å². The van der Waals surface area contributed by atoms with Gasteiger partial charge in [0.25, 0.3) is 0 Å². The van der Waals surface area contributed by atoms with Gasteiger partial charge in [0.05, 0.1) is 6.61 Å². The number of carboxylic acids is 1. The van der Waals surface area contributed by atoms with Crippen LogP contribution >= 0.6 is 0 Å². The molecule has 0 aliphatic carbocycles. The maximum atomic E-state index is 11.0. The normalized spacial score (nSPS) is 12.3. The highest BCUT2D eigenvalue weighted by Gasteiger charge is 2.10. The third-order valence-corrected chi connectivity index (χ3v) is 3.71. The lowest BCUT2D eigenvalue weighted by Gasteiger charge is -2.13. The minimum absolute atomic E-state index is 0.0482. The Morgan fingerprint density at radius 3 is 2.26 bits per heavy atom. The Morgan fingerprint density at radius 1 is 0.957 bits per heavy atom. The summed E-state index contributed by atoms with van der Waals surface area (Å²) in [6, 6.07) is 15.9. The molecule has 0 saturated carbocycles. The van der Waals surface area contributed by atoms with Gasteiger partial charge in [-0.1, -0.05) is 48.5 Å². The number of carbonyl (C=O) groups is 1. The van der Waals surface area contributed by atoms with Crippen LogP contribution < -0.4 is 0 Å². The fourth-order valence-corrected chi connectivity index (χ4v) is 2.53. The van der Waals surface area contributed by atoms with Gasteiger partial charge in [0.1, 0.15) is 0 Å². The van der Waals surface area contributed by atoms with Gasteiger partial charge in [-0.25, -0.2) is 4.79 Å². The van der Waals surface area contributed by atoms with Crippen molar-refractivity contribution in [2.45, 2.75) is 13.8 Å². The molecule has 2 aromatic carbocycles. The molecule has 2 aromatic rings. The summed E-state index contributed by atoms with van der Waals surface area (Å²) < 4.78 is 0. The first-order valence-corrected chi connectivity index (χ1v) is 7.42. The van der Waals surface area contributed by atoms with E-state index >= 15 is 0 Å². The zero-order valence-electron chi connectivity index (χ0n) is 13.3. The molecule has 0 spiro atoms. The number of hydrogen-bond acceptors (Lipinski definition) is 2. The third kappa shape index (κ3) is 4.18. The monoisotopic (exact) mass is 308 g/mol. The number of aliphatic hydroxyl groups excluding tert-OH is 1. The molecule has 0 aliphatic rings. The number of hydrogen-bond donors (Lipinski definition) is 2. The Labute approximate surface area is 136 Å². The number of benzene rings is 2. The lowest BCUT2D eigenvalue weighted by Crippen LogP contribution is -1.95. The van der Waals surface area contributed by atoms with E-state index in [-0.39, 0.29) is 6.61 Å². The summed E-state index contributed by atoms with van der Waals surface area (Å²) in [4.78, 5) is 11.0. The standard InChI is InChI=1S/C20H20O3/c1-14(10-11-21)18-9-8-17(16-6-4-3-5-7-16)13-19(18)15(2)12-20(22)23/h3-10,12-13,21H,11H2,1-2H3,(H,22,23). The van der Waals surface area contributed by atoms with Gasteiger partial charge < -0.3 is 10.2 Å². The van der Waals surface area contributed by atoms with Crippen molar-refractivity contribution < 1.29 is 15.0 Å². The Kier molecular flexibility index (Phi) is 5.50. The van der Waals surface area contributed by atoms with Gasteiger partial charge in [0.2, 0.25) is 0 Å². The predicted molar refractivity (Wildman–Crippen MR) is 93.9 cm³/mol. The van der Waals surface area contributed by atoms with E-state index in [1.807, 2.05) is 55.5 Å². The van der Waals surface area contributed by atoms with Crippen LogP contribution in [0.1, 0.15) is 25.0 Å².